The second-order valence-electron chi connectivity index (χ2n) is 3.98. The largest absolute Gasteiger partial charge is 0.307 e. The van der Waals surface area contributed by atoms with Gasteiger partial charge in [0.15, 0.2) is 5.15 Å². The van der Waals surface area contributed by atoms with Gasteiger partial charge in [-0.25, -0.2) is 9.97 Å². The summed E-state index contributed by atoms with van der Waals surface area (Å²) in [6.45, 7) is 0.350. The molecule has 0 aromatic carbocycles. The Morgan fingerprint density at radius 3 is 3.00 bits per heavy atom. The van der Waals surface area contributed by atoms with E-state index >= 15 is 0 Å². The molecule has 5 nitrogen and oxygen atoms in total. The number of aromatic nitrogens is 4. The van der Waals surface area contributed by atoms with Gasteiger partial charge >= 0.3 is 0 Å². The molecule has 3 rings (SSSR count). The van der Waals surface area contributed by atoms with E-state index in [2.05, 4.69) is 25.9 Å². The number of imidazole rings is 1. The first kappa shape index (κ1) is 12.4. The summed E-state index contributed by atoms with van der Waals surface area (Å²) < 4.78 is 3.62. The van der Waals surface area contributed by atoms with E-state index in [9.17, 15) is 4.79 Å². The SMILES string of the molecule is O=c1c(Br)c(Cl)ncn1Cc1cn2ccccc2n1. The van der Waals surface area contributed by atoms with Gasteiger partial charge < -0.3 is 4.40 Å². The smallest absolute Gasteiger partial charge is 0.269 e. The maximum atomic E-state index is 12.0. The Bertz CT molecular complexity index is 778. The molecule has 19 heavy (non-hydrogen) atoms. The van der Waals surface area contributed by atoms with E-state index in [1.807, 2.05) is 35.0 Å². The van der Waals surface area contributed by atoms with Crippen LogP contribution in [-0.4, -0.2) is 18.9 Å². The fraction of sp³-hybridized carbons (Fsp3) is 0.0833. The monoisotopic (exact) mass is 338 g/mol. The molecule has 0 aliphatic rings. The highest BCUT2D eigenvalue weighted by Crippen LogP contribution is 2.14. The number of rotatable bonds is 2. The van der Waals surface area contributed by atoms with Crippen molar-refractivity contribution in [2.45, 2.75) is 6.54 Å². The molecule has 0 aliphatic heterocycles. The van der Waals surface area contributed by atoms with Crippen LogP contribution in [0, 0.1) is 0 Å². The fourth-order valence-electron chi connectivity index (χ4n) is 1.79. The molecule has 0 amide bonds. The average molecular weight is 340 g/mol. The van der Waals surface area contributed by atoms with Crippen molar-refractivity contribution in [3.63, 3.8) is 0 Å². The molecule has 0 N–H and O–H groups in total. The van der Waals surface area contributed by atoms with Gasteiger partial charge in [-0.15, -0.1) is 0 Å². The first-order chi connectivity index (χ1) is 9.15. The number of halogens is 2. The highest BCUT2D eigenvalue weighted by atomic mass is 79.9. The van der Waals surface area contributed by atoms with Gasteiger partial charge in [-0.2, -0.15) is 0 Å². The Balaban J connectivity index is 2.01. The molecule has 0 aliphatic carbocycles. The molecule has 0 saturated carbocycles. The summed E-state index contributed by atoms with van der Waals surface area (Å²) in [5.41, 5.74) is 1.40. The zero-order chi connectivity index (χ0) is 13.4. The van der Waals surface area contributed by atoms with Crippen molar-refractivity contribution in [2.24, 2.45) is 0 Å². The van der Waals surface area contributed by atoms with Gasteiger partial charge in [0.2, 0.25) is 0 Å². The van der Waals surface area contributed by atoms with Crippen molar-refractivity contribution in [3.8, 4) is 0 Å². The summed E-state index contributed by atoms with van der Waals surface area (Å²) in [4.78, 5) is 20.3. The van der Waals surface area contributed by atoms with Crippen molar-refractivity contribution >= 4 is 33.2 Å². The molecule has 3 aromatic rings. The molecule has 96 valence electrons. The minimum atomic E-state index is -0.225. The Morgan fingerprint density at radius 1 is 1.37 bits per heavy atom. The van der Waals surface area contributed by atoms with Gasteiger partial charge in [0.1, 0.15) is 10.1 Å². The van der Waals surface area contributed by atoms with Crippen LogP contribution in [0.25, 0.3) is 5.65 Å². The molecule has 0 saturated heterocycles. The van der Waals surface area contributed by atoms with Crippen LogP contribution in [-0.2, 0) is 6.54 Å². The van der Waals surface area contributed by atoms with Crippen LogP contribution in [0.5, 0.6) is 0 Å². The van der Waals surface area contributed by atoms with Gasteiger partial charge in [0, 0.05) is 12.4 Å². The Morgan fingerprint density at radius 2 is 2.21 bits per heavy atom. The molecule has 0 radical (unpaired) electrons. The molecule has 0 bridgehead atoms. The van der Waals surface area contributed by atoms with Crippen LogP contribution < -0.4 is 5.56 Å². The van der Waals surface area contributed by atoms with E-state index in [4.69, 9.17) is 11.6 Å². The number of fused-ring (bicyclic) bond motifs is 1. The Hall–Kier alpha value is -1.66. The van der Waals surface area contributed by atoms with Crippen molar-refractivity contribution in [2.75, 3.05) is 0 Å². The van der Waals surface area contributed by atoms with E-state index in [-0.39, 0.29) is 15.2 Å². The van der Waals surface area contributed by atoms with E-state index < -0.39 is 0 Å². The zero-order valence-corrected chi connectivity index (χ0v) is 12.0. The predicted octanol–water partition coefficient (Wildman–Crippen LogP) is 2.36. The third-order valence-corrected chi connectivity index (χ3v) is 3.92. The number of hydrogen-bond donors (Lipinski definition) is 0. The molecule has 7 heteroatoms. The van der Waals surface area contributed by atoms with Crippen LogP contribution in [0.4, 0.5) is 0 Å². The van der Waals surface area contributed by atoms with E-state index in [1.54, 1.807) is 0 Å². The lowest BCUT2D eigenvalue weighted by Gasteiger charge is -2.03. The third kappa shape index (κ3) is 2.29. The standard InChI is InChI=1S/C12H8BrClN4O/c13-10-11(14)15-7-18(12(10)19)6-8-5-17-4-2-1-3-9(17)16-8/h1-5,7H,6H2. The van der Waals surface area contributed by atoms with Crippen molar-refractivity contribution < 1.29 is 0 Å². The fourth-order valence-corrected chi connectivity index (χ4v) is 2.25. The highest BCUT2D eigenvalue weighted by Gasteiger charge is 2.09. The van der Waals surface area contributed by atoms with Gasteiger partial charge in [0.25, 0.3) is 5.56 Å². The maximum Gasteiger partial charge on any atom is 0.269 e. The molecule has 3 aromatic heterocycles. The average Bonchev–Trinajstić information content (AvgIpc) is 2.82. The first-order valence-corrected chi connectivity index (χ1v) is 6.65. The molecule has 0 spiro atoms. The lowest BCUT2D eigenvalue weighted by atomic mass is 10.4. The van der Waals surface area contributed by atoms with Gasteiger partial charge in [-0.05, 0) is 28.1 Å². The third-order valence-electron chi connectivity index (χ3n) is 2.69. The summed E-state index contributed by atoms with van der Waals surface area (Å²) in [5.74, 6) is 0. The van der Waals surface area contributed by atoms with Crippen molar-refractivity contribution in [1.29, 1.82) is 0 Å². The molecule has 0 unspecified atom stereocenters. The van der Waals surface area contributed by atoms with E-state index in [0.29, 0.717) is 6.54 Å². The van der Waals surface area contributed by atoms with Crippen LogP contribution in [0.3, 0.4) is 0 Å². The summed E-state index contributed by atoms with van der Waals surface area (Å²) in [7, 11) is 0. The second kappa shape index (κ2) is 4.79. The summed E-state index contributed by atoms with van der Waals surface area (Å²) in [6, 6.07) is 5.74. The predicted molar refractivity (Wildman–Crippen MR) is 75.5 cm³/mol. The Kier molecular flexibility index (Phi) is 3.12. The Labute approximate surface area is 121 Å². The second-order valence-corrected chi connectivity index (χ2v) is 5.13. The normalized spacial score (nSPS) is 11.1. The van der Waals surface area contributed by atoms with Crippen LogP contribution in [0.15, 0.2) is 46.2 Å². The van der Waals surface area contributed by atoms with E-state index in [0.717, 1.165) is 11.3 Å². The topological polar surface area (TPSA) is 52.2 Å². The van der Waals surface area contributed by atoms with Crippen LogP contribution >= 0.6 is 27.5 Å². The van der Waals surface area contributed by atoms with Gasteiger partial charge in [0.05, 0.1) is 18.6 Å². The number of hydrogen-bond acceptors (Lipinski definition) is 3. The summed E-state index contributed by atoms with van der Waals surface area (Å²) in [6.07, 6.45) is 5.20. The van der Waals surface area contributed by atoms with Gasteiger partial charge in [-0.1, -0.05) is 17.7 Å². The number of nitrogens with zero attached hydrogens (tertiary/aromatic N) is 4. The van der Waals surface area contributed by atoms with Gasteiger partial charge in [-0.3, -0.25) is 9.36 Å². The maximum absolute atomic E-state index is 12.0. The highest BCUT2D eigenvalue weighted by molar-refractivity contribution is 9.10. The lowest BCUT2D eigenvalue weighted by Crippen LogP contribution is -2.22. The van der Waals surface area contributed by atoms with Crippen molar-refractivity contribution in [3.05, 3.63) is 62.6 Å². The van der Waals surface area contributed by atoms with Crippen molar-refractivity contribution in [1.82, 2.24) is 18.9 Å². The molecule has 0 fully saturated rings. The zero-order valence-electron chi connectivity index (χ0n) is 9.62. The quantitative estimate of drug-likeness (QED) is 0.674. The van der Waals surface area contributed by atoms with Crippen LogP contribution in [0.2, 0.25) is 5.15 Å². The molecular weight excluding hydrogens is 332 g/mol. The minimum Gasteiger partial charge on any atom is -0.307 e. The minimum absolute atomic E-state index is 0.163. The number of pyridine rings is 1. The van der Waals surface area contributed by atoms with Crippen LogP contribution in [0.1, 0.15) is 5.69 Å². The summed E-state index contributed by atoms with van der Waals surface area (Å²) >= 11 is 8.89. The summed E-state index contributed by atoms with van der Waals surface area (Å²) in [5, 5.41) is 0.163. The molecule has 0 atom stereocenters. The first-order valence-electron chi connectivity index (χ1n) is 5.48. The molecule has 3 heterocycles. The van der Waals surface area contributed by atoms with E-state index in [1.165, 1.54) is 10.9 Å². The molecular formula is C12H8BrClN4O. The lowest BCUT2D eigenvalue weighted by molar-refractivity contribution is 0.718.